The minimum Gasteiger partial charge on any atom is -0.494 e. The maximum atomic E-state index is 13.5. The first-order valence-electron chi connectivity index (χ1n) is 5.94. The number of methoxy groups -OCH3 is 1. The summed E-state index contributed by atoms with van der Waals surface area (Å²) in [6, 6.07) is 4.33. The average Bonchev–Trinajstić information content (AvgIpc) is 2.35. The van der Waals surface area contributed by atoms with Crippen LogP contribution in [0.1, 0.15) is 31.1 Å². The van der Waals surface area contributed by atoms with E-state index in [1.54, 1.807) is 17.8 Å². The summed E-state index contributed by atoms with van der Waals surface area (Å²) in [5, 5.41) is 0.414. The normalized spacial score (nSPS) is 12.6. The largest absolute Gasteiger partial charge is 0.494 e. The fourth-order valence-electron chi connectivity index (χ4n) is 1.32. The van der Waals surface area contributed by atoms with Gasteiger partial charge in [-0.25, -0.2) is 4.39 Å². The van der Waals surface area contributed by atoms with Crippen molar-refractivity contribution in [2.45, 2.75) is 26.0 Å². The fourth-order valence-corrected chi connectivity index (χ4v) is 2.29. The molecule has 0 radical (unpaired) electrons. The third kappa shape index (κ3) is 4.02. The van der Waals surface area contributed by atoms with E-state index in [9.17, 15) is 9.18 Å². The van der Waals surface area contributed by atoms with Crippen molar-refractivity contribution in [1.29, 1.82) is 0 Å². The summed E-state index contributed by atoms with van der Waals surface area (Å²) in [6.45, 7) is 6.33. The SMILES string of the molecule is COc1ccc(C(=O)CSC(C)C(C)C)cc1F. The molecule has 18 heavy (non-hydrogen) atoms. The minimum absolute atomic E-state index is 0.0472. The molecule has 0 heterocycles. The Morgan fingerprint density at radius 1 is 1.39 bits per heavy atom. The predicted octanol–water partition coefficient (Wildman–Crippen LogP) is 3.79. The Bertz CT molecular complexity index is 418. The van der Waals surface area contributed by atoms with E-state index in [0.29, 0.717) is 22.5 Å². The van der Waals surface area contributed by atoms with Crippen LogP contribution < -0.4 is 4.74 Å². The number of carbonyl (C=O) groups excluding carboxylic acids is 1. The molecule has 0 aromatic heterocycles. The van der Waals surface area contributed by atoms with E-state index in [4.69, 9.17) is 4.74 Å². The molecule has 0 aliphatic carbocycles. The second-order valence-corrected chi connectivity index (χ2v) is 5.90. The second kappa shape index (κ2) is 6.78. The van der Waals surface area contributed by atoms with Crippen LogP contribution in [0.4, 0.5) is 4.39 Å². The third-order valence-electron chi connectivity index (χ3n) is 2.89. The highest BCUT2D eigenvalue weighted by molar-refractivity contribution is 8.00. The van der Waals surface area contributed by atoms with Gasteiger partial charge in [0.2, 0.25) is 0 Å². The van der Waals surface area contributed by atoms with Gasteiger partial charge in [0.15, 0.2) is 17.3 Å². The Morgan fingerprint density at radius 3 is 2.56 bits per heavy atom. The Kier molecular flexibility index (Phi) is 5.66. The Hall–Kier alpha value is -1.03. The lowest BCUT2D eigenvalue weighted by atomic mass is 10.1. The van der Waals surface area contributed by atoms with Crippen LogP contribution in [0.3, 0.4) is 0 Å². The van der Waals surface area contributed by atoms with Crippen LogP contribution in [0, 0.1) is 11.7 Å². The summed E-state index contributed by atoms with van der Waals surface area (Å²) in [5.41, 5.74) is 0.400. The van der Waals surface area contributed by atoms with Crippen LogP contribution in [0.25, 0.3) is 0 Å². The van der Waals surface area contributed by atoms with Crippen LogP contribution in [-0.2, 0) is 0 Å². The number of hydrogen-bond donors (Lipinski definition) is 0. The van der Waals surface area contributed by atoms with Crippen molar-refractivity contribution < 1.29 is 13.9 Å². The standard InChI is InChI=1S/C14H19FO2S/c1-9(2)10(3)18-8-13(16)11-5-6-14(17-4)12(15)7-11/h5-7,9-10H,8H2,1-4H3. The van der Waals surface area contributed by atoms with Gasteiger partial charge in [-0.3, -0.25) is 4.79 Å². The molecule has 0 N–H and O–H groups in total. The lowest BCUT2D eigenvalue weighted by molar-refractivity contribution is 0.102. The fraction of sp³-hybridized carbons (Fsp3) is 0.500. The van der Waals surface area contributed by atoms with E-state index in [1.165, 1.54) is 19.2 Å². The molecular weight excluding hydrogens is 251 g/mol. The van der Waals surface area contributed by atoms with E-state index in [1.807, 2.05) is 0 Å². The molecule has 2 nitrogen and oxygen atoms in total. The molecule has 1 rings (SSSR count). The van der Waals surface area contributed by atoms with Crippen LogP contribution >= 0.6 is 11.8 Å². The Morgan fingerprint density at radius 2 is 2.06 bits per heavy atom. The molecule has 0 spiro atoms. The van der Waals surface area contributed by atoms with Gasteiger partial charge in [-0.2, -0.15) is 11.8 Å². The first-order valence-corrected chi connectivity index (χ1v) is 6.99. The van der Waals surface area contributed by atoms with E-state index in [2.05, 4.69) is 20.8 Å². The average molecular weight is 270 g/mol. The third-order valence-corrected chi connectivity index (χ3v) is 4.39. The number of halogens is 1. The van der Waals surface area contributed by atoms with Crippen molar-refractivity contribution in [3.05, 3.63) is 29.6 Å². The van der Waals surface area contributed by atoms with E-state index in [0.717, 1.165) is 0 Å². The zero-order valence-corrected chi connectivity index (χ0v) is 12.0. The van der Waals surface area contributed by atoms with Gasteiger partial charge in [0.25, 0.3) is 0 Å². The van der Waals surface area contributed by atoms with Gasteiger partial charge in [0.1, 0.15) is 0 Å². The number of benzene rings is 1. The van der Waals surface area contributed by atoms with Crippen LogP contribution in [-0.4, -0.2) is 23.9 Å². The molecule has 1 unspecified atom stereocenters. The molecule has 0 saturated heterocycles. The second-order valence-electron chi connectivity index (χ2n) is 4.53. The first kappa shape index (κ1) is 15.0. The van der Waals surface area contributed by atoms with Crippen molar-refractivity contribution in [3.8, 4) is 5.75 Å². The van der Waals surface area contributed by atoms with Crippen LogP contribution in [0.5, 0.6) is 5.75 Å². The first-order chi connectivity index (χ1) is 8.45. The zero-order valence-electron chi connectivity index (χ0n) is 11.2. The topological polar surface area (TPSA) is 26.3 Å². The van der Waals surface area contributed by atoms with Gasteiger partial charge < -0.3 is 4.74 Å². The van der Waals surface area contributed by atoms with Crippen molar-refractivity contribution in [1.82, 2.24) is 0 Å². The van der Waals surface area contributed by atoms with Crippen LogP contribution in [0.2, 0.25) is 0 Å². The molecule has 100 valence electrons. The molecule has 0 bridgehead atoms. The van der Waals surface area contributed by atoms with Crippen molar-refractivity contribution in [3.63, 3.8) is 0 Å². The minimum atomic E-state index is -0.495. The molecule has 0 saturated carbocycles. The monoisotopic (exact) mass is 270 g/mol. The zero-order chi connectivity index (χ0) is 13.7. The maximum absolute atomic E-state index is 13.5. The summed E-state index contributed by atoms with van der Waals surface area (Å²) < 4.78 is 18.3. The molecule has 0 amide bonds. The number of carbonyl (C=O) groups is 1. The van der Waals surface area contributed by atoms with Crippen molar-refractivity contribution >= 4 is 17.5 Å². The summed E-state index contributed by atoms with van der Waals surface area (Å²) in [4.78, 5) is 11.9. The molecule has 1 aromatic rings. The molecule has 0 fully saturated rings. The maximum Gasteiger partial charge on any atom is 0.172 e. The summed E-state index contributed by atoms with van der Waals surface area (Å²) in [5.74, 6) is 0.523. The number of rotatable bonds is 6. The van der Waals surface area contributed by atoms with Gasteiger partial charge in [-0.05, 0) is 24.1 Å². The molecule has 0 aliphatic heterocycles. The summed E-state index contributed by atoms with van der Waals surface area (Å²) in [6.07, 6.45) is 0. The molecular formula is C14H19FO2S. The quantitative estimate of drug-likeness (QED) is 0.736. The summed E-state index contributed by atoms with van der Waals surface area (Å²) >= 11 is 1.60. The molecule has 1 atom stereocenters. The summed E-state index contributed by atoms with van der Waals surface area (Å²) in [7, 11) is 1.40. The number of thioether (sulfide) groups is 1. The number of ketones is 1. The van der Waals surface area contributed by atoms with Gasteiger partial charge in [-0.1, -0.05) is 20.8 Å². The Labute approximate surface area is 112 Å². The smallest absolute Gasteiger partial charge is 0.172 e. The lowest BCUT2D eigenvalue weighted by Gasteiger charge is -2.14. The highest BCUT2D eigenvalue weighted by atomic mass is 32.2. The van der Waals surface area contributed by atoms with Gasteiger partial charge >= 0.3 is 0 Å². The van der Waals surface area contributed by atoms with Gasteiger partial charge in [-0.15, -0.1) is 0 Å². The van der Waals surface area contributed by atoms with E-state index >= 15 is 0 Å². The number of hydrogen-bond acceptors (Lipinski definition) is 3. The molecule has 0 aliphatic rings. The van der Waals surface area contributed by atoms with Crippen LogP contribution in [0.15, 0.2) is 18.2 Å². The van der Waals surface area contributed by atoms with Crippen molar-refractivity contribution in [2.75, 3.05) is 12.9 Å². The molecule has 1 aromatic carbocycles. The highest BCUT2D eigenvalue weighted by Gasteiger charge is 2.13. The van der Waals surface area contributed by atoms with Gasteiger partial charge in [0, 0.05) is 10.8 Å². The Balaban J connectivity index is 2.65. The highest BCUT2D eigenvalue weighted by Crippen LogP contribution is 2.22. The lowest BCUT2D eigenvalue weighted by Crippen LogP contribution is -2.11. The van der Waals surface area contributed by atoms with Gasteiger partial charge in [0.05, 0.1) is 12.9 Å². The van der Waals surface area contributed by atoms with Crippen molar-refractivity contribution in [2.24, 2.45) is 5.92 Å². The van der Waals surface area contributed by atoms with E-state index in [-0.39, 0.29) is 11.5 Å². The molecule has 4 heteroatoms. The number of Topliss-reactive ketones (excluding diaryl/α,β-unsaturated/α-hetero) is 1. The predicted molar refractivity (Wildman–Crippen MR) is 74.0 cm³/mol. The van der Waals surface area contributed by atoms with E-state index < -0.39 is 5.82 Å². The number of ether oxygens (including phenoxy) is 1.